The van der Waals surface area contributed by atoms with E-state index in [1.54, 1.807) is 0 Å². The van der Waals surface area contributed by atoms with E-state index in [1.807, 2.05) is 0 Å². The van der Waals surface area contributed by atoms with Crippen molar-refractivity contribution < 1.29 is 4.74 Å². The van der Waals surface area contributed by atoms with Crippen molar-refractivity contribution in [2.24, 2.45) is 5.41 Å². The van der Waals surface area contributed by atoms with Gasteiger partial charge in [-0.25, -0.2) is 0 Å². The summed E-state index contributed by atoms with van der Waals surface area (Å²) in [6, 6.07) is 6.38. The fourth-order valence-electron chi connectivity index (χ4n) is 3.00. The van der Waals surface area contributed by atoms with Gasteiger partial charge in [0.15, 0.2) is 0 Å². The van der Waals surface area contributed by atoms with Crippen LogP contribution in [0.2, 0.25) is 0 Å². The summed E-state index contributed by atoms with van der Waals surface area (Å²) in [5, 5.41) is 0.266. The summed E-state index contributed by atoms with van der Waals surface area (Å²) in [4.78, 5) is 0. The molecule has 0 N–H and O–H groups in total. The molecule has 0 saturated heterocycles. The van der Waals surface area contributed by atoms with Crippen molar-refractivity contribution in [2.75, 3.05) is 0 Å². The molecule has 1 aromatic carbocycles. The molecule has 0 heterocycles. The number of alkyl halides is 1. The van der Waals surface area contributed by atoms with Crippen molar-refractivity contribution in [3.63, 3.8) is 0 Å². The molecule has 0 amide bonds. The fourth-order valence-corrected chi connectivity index (χ4v) is 3.61. The Kier molecular flexibility index (Phi) is 3.91. The molecule has 2 heteroatoms. The summed E-state index contributed by atoms with van der Waals surface area (Å²) < 4.78 is 6.25. The lowest BCUT2D eigenvalue weighted by Gasteiger charge is -2.52. The van der Waals surface area contributed by atoms with Crippen LogP contribution in [0.3, 0.4) is 0 Å². The first-order valence-corrected chi connectivity index (χ1v) is 7.35. The van der Waals surface area contributed by atoms with Crippen LogP contribution in [0.5, 0.6) is 5.75 Å². The molecule has 2 atom stereocenters. The first-order chi connectivity index (χ1) is 8.53. The quantitative estimate of drug-likeness (QED) is 0.707. The van der Waals surface area contributed by atoms with Crippen LogP contribution in [0.15, 0.2) is 18.2 Å². The van der Waals surface area contributed by atoms with Crippen molar-refractivity contribution in [1.29, 1.82) is 0 Å². The average Bonchev–Trinajstić information content (AvgIpc) is 2.35. The van der Waals surface area contributed by atoms with E-state index in [1.165, 1.54) is 11.1 Å². The Morgan fingerprint density at radius 2 is 1.94 bits per heavy atom. The van der Waals surface area contributed by atoms with Gasteiger partial charge in [0.25, 0.3) is 0 Å². The molecule has 1 fully saturated rings. The lowest BCUT2D eigenvalue weighted by atomic mass is 9.62. The maximum Gasteiger partial charge on any atom is 0.122 e. The number of aryl methyl sites for hydroxylation is 2. The summed E-state index contributed by atoms with van der Waals surface area (Å²) in [6.07, 6.45) is 3.42. The minimum absolute atomic E-state index is 0.164. The van der Waals surface area contributed by atoms with Crippen molar-refractivity contribution in [1.82, 2.24) is 0 Å². The topological polar surface area (TPSA) is 9.23 Å². The van der Waals surface area contributed by atoms with E-state index < -0.39 is 0 Å². The zero-order valence-electron chi connectivity index (χ0n) is 11.8. The highest BCUT2D eigenvalue weighted by Gasteiger charge is 2.53. The molecule has 1 saturated carbocycles. The van der Waals surface area contributed by atoms with Crippen LogP contribution in [0.4, 0.5) is 0 Å². The van der Waals surface area contributed by atoms with Gasteiger partial charge in [0.1, 0.15) is 11.9 Å². The van der Waals surface area contributed by atoms with Crippen molar-refractivity contribution in [3.8, 4) is 5.75 Å². The Morgan fingerprint density at radius 3 is 2.50 bits per heavy atom. The summed E-state index contributed by atoms with van der Waals surface area (Å²) in [6.45, 7) is 8.64. The first kappa shape index (κ1) is 13.7. The van der Waals surface area contributed by atoms with E-state index in [4.69, 9.17) is 16.3 Å². The maximum atomic E-state index is 6.42. The summed E-state index contributed by atoms with van der Waals surface area (Å²) in [5.74, 6) is 1.02. The summed E-state index contributed by atoms with van der Waals surface area (Å²) in [5.41, 5.74) is 2.62. The van der Waals surface area contributed by atoms with E-state index in [0.29, 0.717) is 0 Å². The molecule has 100 valence electrons. The highest BCUT2D eigenvalue weighted by Crippen LogP contribution is 2.52. The van der Waals surface area contributed by atoms with Gasteiger partial charge >= 0.3 is 0 Å². The predicted molar refractivity (Wildman–Crippen MR) is 77.6 cm³/mol. The zero-order chi connectivity index (χ0) is 13.3. The van der Waals surface area contributed by atoms with Gasteiger partial charge in [-0.1, -0.05) is 26.0 Å². The second-order valence-corrected chi connectivity index (χ2v) is 6.05. The van der Waals surface area contributed by atoms with Crippen LogP contribution in [-0.4, -0.2) is 11.5 Å². The smallest absolute Gasteiger partial charge is 0.122 e. The Balaban J connectivity index is 2.17. The molecule has 1 aliphatic rings. The third kappa shape index (κ3) is 2.14. The van der Waals surface area contributed by atoms with Crippen LogP contribution >= 0.6 is 11.6 Å². The van der Waals surface area contributed by atoms with Gasteiger partial charge in [0.05, 0.1) is 0 Å². The average molecular weight is 267 g/mol. The highest BCUT2D eigenvalue weighted by molar-refractivity contribution is 6.21. The van der Waals surface area contributed by atoms with Crippen LogP contribution in [0, 0.1) is 19.3 Å². The van der Waals surface area contributed by atoms with Crippen LogP contribution in [0.1, 0.15) is 44.2 Å². The molecule has 18 heavy (non-hydrogen) atoms. The summed E-state index contributed by atoms with van der Waals surface area (Å²) in [7, 11) is 0. The molecule has 2 unspecified atom stereocenters. The van der Waals surface area contributed by atoms with Gasteiger partial charge in [0, 0.05) is 17.2 Å². The van der Waals surface area contributed by atoms with Crippen molar-refractivity contribution in [3.05, 3.63) is 29.3 Å². The van der Waals surface area contributed by atoms with Crippen molar-refractivity contribution >= 4 is 11.6 Å². The Morgan fingerprint density at radius 1 is 1.28 bits per heavy atom. The fraction of sp³-hybridized carbons (Fsp3) is 0.625. The third-order valence-corrected chi connectivity index (χ3v) is 5.23. The second-order valence-electron chi connectivity index (χ2n) is 5.52. The Bertz CT molecular complexity index is 423. The lowest BCUT2D eigenvalue weighted by Crippen LogP contribution is -2.56. The van der Waals surface area contributed by atoms with Crippen LogP contribution in [-0.2, 0) is 0 Å². The van der Waals surface area contributed by atoms with Gasteiger partial charge in [-0.3, -0.25) is 0 Å². The molecule has 0 spiro atoms. The molecule has 0 bridgehead atoms. The van der Waals surface area contributed by atoms with E-state index >= 15 is 0 Å². The van der Waals surface area contributed by atoms with E-state index in [2.05, 4.69) is 45.9 Å². The molecule has 0 radical (unpaired) electrons. The maximum absolute atomic E-state index is 6.42. The SMILES string of the molecule is CCC1(CC)C(Cl)CC1Oc1cc(C)ccc1C. The highest BCUT2D eigenvalue weighted by atomic mass is 35.5. The van der Waals surface area contributed by atoms with Gasteiger partial charge in [-0.05, 0) is 43.9 Å². The number of hydrogen-bond acceptors (Lipinski definition) is 1. The number of hydrogen-bond donors (Lipinski definition) is 0. The summed E-state index contributed by atoms with van der Waals surface area (Å²) >= 11 is 6.42. The molecular formula is C16H23ClO. The van der Waals surface area contributed by atoms with Gasteiger partial charge in [-0.2, -0.15) is 0 Å². The normalized spacial score (nSPS) is 25.6. The number of halogens is 1. The van der Waals surface area contributed by atoms with Gasteiger partial charge in [0.2, 0.25) is 0 Å². The standard InChI is InChI=1S/C16H23ClO/c1-5-16(6-2)14(17)10-15(16)18-13-9-11(3)7-8-12(13)4/h7-9,14-15H,5-6,10H2,1-4H3. The van der Waals surface area contributed by atoms with Gasteiger partial charge in [-0.15, -0.1) is 11.6 Å². The lowest BCUT2D eigenvalue weighted by molar-refractivity contribution is -0.0465. The predicted octanol–water partition coefficient (Wildman–Crippen LogP) is 4.87. The molecule has 1 nitrogen and oxygen atoms in total. The zero-order valence-corrected chi connectivity index (χ0v) is 12.6. The third-order valence-electron chi connectivity index (χ3n) is 4.62. The Hall–Kier alpha value is -0.690. The minimum atomic E-state index is 0.164. The number of ether oxygens (including phenoxy) is 1. The molecular weight excluding hydrogens is 244 g/mol. The molecule has 1 aliphatic carbocycles. The minimum Gasteiger partial charge on any atom is -0.489 e. The number of benzene rings is 1. The van der Waals surface area contributed by atoms with Crippen LogP contribution < -0.4 is 4.74 Å². The van der Waals surface area contributed by atoms with E-state index in [9.17, 15) is 0 Å². The molecule has 0 aromatic heterocycles. The molecule has 2 rings (SSSR count). The van der Waals surface area contributed by atoms with Gasteiger partial charge < -0.3 is 4.74 Å². The second kappa shape index (κ2) is 5.13. The first-order valence-electron chi connectivity index (χ1n) is 6.91. The molecule has 0 aliphatic heterocycles. The Labute approximate surface area is 115 Å². The molecule has 1 aromatic rings. The van der Waals surface area contributed by atoms with E-state index in [0.717, 1.165) is 25.0 Å². The van der Waals surface area contributed by atoms with E-state index in [-0.39, 0.29) is 16.9 Å². The largest absolute Gasteiger partial charge is 0.489 e. The monoisotopic (exact) mass is 266 g/mol. The van der Waals surface area contributed by atoms with Crippen LogP contribution in [0.25, 0.3) is 0 Å². The number of rotatable bonds is 4. The van der Waals surface area contributed by atoms with Crippen molar-refractivity contribution in [2.45, 2.75) is 58.4 Å².